The van der Waals surface area contributed by atoms with Gasteiger partial charge in [0.25, 0.3) is 0 Å². The van der Waals surface area contributed by atoms with Crippen LogP contribution in [0.25, 0.3) is 0 Å². The van der Waals surface area contributed by atoms with Crippen molar-refractivity contribution >= 4 is 0 Å². The average Bonchev–Trinajstić information content (AvgIpc) is 2.27. The second-order valence-electron chi connectivity index (χ2n) is 4.12. The van der Waals surface area contributed by atoms with Gasteiger partial charge in [-0.05, 0) is 48.9 Å². The minimum absolute atomic E-state index is 0.293. The van der Waals surface area contributed by atoms with Crippen molar-refractivity contribution in [1.29, 1.82) is 0 Å². The zero-order chi connectivity index (χ0) is 10.7. The summed E-state index contributed by atoms with van der Waals surface area (Å²) >= 11 is 0. The van der Waals surface area contributed by atoms with Crippen LogP contribution in [-0.4, -0.2) is 11.7 Å². The van der Waals surface area contributed by atoms with Crippen LogP contribution >= 0.6 is 0 Å². The highest BCUT2D eigenvalue weighted by atomic mass is 16.5. The summed E-state index contributed by atoms with van der Waals surface area (Å²) in [7, 11) is 0. The summed E-state index contributed by atoms with van der Waals surface area (Å²) in [5, 5.41) is 9.86. The maximum absolute atomic E-state index is 9.86. The SMILES string of the molecule is CCCOc1ccc2c(c1)[C@@H](O)CCC2. The van der Waals surface area contributed by atoms with Crippen LogP contribution < -0.4 is 4.74 Å². The molecule has 0 bridgehead atoms. The van der Waals surface area contributed by atoms with Crippen molar-refractivity contribution in [1.82, 2.24) is 0 Å². The van der Waals surface area contributed by atoms with E-state index in [1.165, 1.54) is 5.56 Å². The van der Waals surface area contributed by atoms with Crippen molar-refractivity contribution in [2.45, 2.75) is 38.7 Å². The van der Waals surface area contributed by atoms with Crippen molar-refractivity contribution in [3.63, 3.8) is 0 Å². The molecule has 0 unspecified atom stereocenters. The Morgan fingerprint density at radius 2 is 2.33 bits per heavy atom. The van der Waals surface area contributed by atoms with Crippen molar-refractivity contribution < 1.29 is 9.84 Å². The molecular weight excluding hydrogens is 188 g/mol. The molecule has 1 aromatic carbocycles. The number of fused-ring (bicyclic) bond motifs is 1. The Balaban J connectivity index is 2.19. The highest BCUT2D eigenvalue weighted by Crippen LogP contribution is 2.32. The fraction of sp³-hybridized carbons (Fsp3) is 0.538. The molecular formula is C13H18O2. The fourth-order valence-corrected chi connectivity index (χ4v) is 2.06. The van der Waals surface area contributed by atoms with E-state index >= 15 is 0 Å². The lowest BCUT2D eigenvalue weighted by Gasteiger charge is -2.21. The third kappa shape index (κ3) is 2.32. The molecule has 1 aliphatic carbocycles. The van der Waals surface area contributed by atoms with Crippen LogP contribution in [0.15, 0.2) is 18.2 Å². The highest BCUT2D eigenvalue weighted by Gasteiger charge is 2.18. The fourth-order valence-electron chi connectivity index (χ4n) is 2.06. The zero-order valence-corrected chi connectivity index (χ0v) is 9.20. The number of rotatable bonds is 3. The molecule has 0 radical (unpaired) electrons. The normalized spacial score (nSPS) is 19.7. The maximum Gasteiger partial charge on any atom is 0.119 e. The smallest absolute Gasteiger partial charge is 0.119 e. The van der Waals surface area contributed by atoms with Gasteiger partial charge in [0.15, 0.2) is 0 Å². The Hall–Kier alpha value is -1.02. The summed E-state index contributed by atoms with van der Waals surface area (Å²) in [5.41, 5.74) is 2.34. The topological polar surface area (TPSA) is 29.5 Å². The summed E-state index contributed by atoms with van der Waals surface area (Å²) in [6.45, 7) is 2.84. The molecule has 0 amide bonds. The van der Waals surface area contributed by atoms with Crippen LogP contribution in [-0.2, 0) is 6.42 Å². The first-order valence-electron chi connectivity index (χ1n) is 5.75. The third-order valence-electron chi connectivity index (χ3n) is 2.87. The summed E-state index contributed by atoms with van der Waals surface area (Å²) < 4.78 is 5.56. The van der Waals surface area contributed by atoms with Gasteiger partial charge in [-0.3, -0.25) is 0 Å². The van der Waals surface area contributed by atoms with E-state index in [4.69, 9.17) is 4.74 Å². The number of aryl methyl sites for hydroxylation is 1. The number of hydrogen-bond acceptors (Lipinski definition) is 2. The Morgan fingerprint density at radius 3 is 3.13 bits per heavy atom. The van der Waals surface area contributed by atoms with E-state index < -0.39 is 0 Å². The Kier molecular flexibility index (Phi) is 3.27. The minimum Gasteiger partial charge on any atom is -0.494 e. The van der Waals surface area contributed by atoms with Gasteiger partial charge in [0.05, 0.1) is 12.7 Å². The first kappa shape index (κ1) is 10.5. The van der Waals surface area contributed by atoms with Crippen LogP contribution in [0.4, 0.5) is 0 Å². The second-order valence-corrected chi connectivity index (χ2v) is 4.12. The summed E-state index contributed by atoms with van der Waals surface area (Å²) in [6.07, 6.45) is 3.77. The standard InChI is InChI=1S/C13H18O2/c1-2-8-15-11-7-6-10-4-3-5-13(14)12(10)9-11/h6-7,9,13-14H,2-5,8H2,1H3/t13-/m0/s1. The van der Waals surface area contributed by atoms with Gasteiger partial charge in [0.1, 0.15) is 5.75 Å². The predicted molar refractivity (Wildman–Crippen MR) is 60.1 cm³/mol. The van der Waals surface area contributed by atoms with Gasteiger partial charge in [-0.1, -0.05) is 13.0 Å². The van der Waals surface area contributed by atoms with E-state index in [-0.39, 0.29) is 6.10 Å². The zero-order valence-electron chi connectivity index (χ0n) is 9.20. The van der Waals surface area contributed by atoms with Gasteiger partial charge in [-0.15, -0.1) is 0 Å². The van der Waals surface area contributed by atoms with E-state index in [1.807, 2.05) is 12.1 Å². The molecule has 1 aliphatic rings. The molecule has 82 valence electrons. The van der Waals surface area contributed by atoms with Crippen molar-refractivity contribution in [2.75, 3.05) is 6.61 Å². The molecule has 1 N–H and O–H groups in total. The lowest BCUT2D eigenvalue weighted by molar-refractivity contribution is 0.156. The Bertz CT molecular complexity index is 333. The molecule has 15 heavy (non-hydrogen) atoms. The van der Waals surface area contributed by atoms with Gasteiger partial charge in [0, 0.05) is 0 Å². The predicted octanol–water partition coefficient (Wildman–Crippen LogP) is 2.85. The molecule has 2 heteroatoms. The first-order chi connectivity index (χ1) is 7.31. The van der Waals surface area contributed by atoms with Crippen LogP contribution in [0.3, 0.4) is 0 Å². The second kappa shape index (κ2) is 4.67. The molecule has 0 aliphatic heterocycles. The number of ether oxygens (including phenoxy) is 1. The highest BCUT2D eigenvalue weighted by molar-refractivity contribution is 5.38. The van der Waals surface area contributed by atoms with Crippen molar-refractivity contribution in [2.24, 2.45) is 0 Å². The number of benzene rings is 1. The van der Waals surface area contributed by atoms with Crippen molar-refractivity contribution in [3.8, 4) is 5.75 Å². The summed E-state index contributed by atoms with van der Waals surface area (Å²) in [5.74, 6) is 0.886. The van der Waals surface area contributed by atoms with Crippen LogP contribution in [0, 0.1) is 0 Å². The monoisotopic (exact) mass is 206 g/mol. The molecule has 2 nitrogen and oxygen atoms in total. The van der Waals surface area contributed by atoms with E-state index in [0.29, 0.717) is 0 Å². The molecule has 2 rings (SSSR count). The molecule has 0 fully saturated rings. The number of aliphatic hydroxyl groups is 1. The summed E-state index contributed by atoms with van der Waals surface area (Å²) in [4.78, 5) is 0. The number of hydrogen-bond donors (Lipinski definition) is 1. The maximum atomic E-state index is 9.86. The average molecular weight is 206 g/mol. The van der Waals surface area contributed by atoms with Crippen LogP contribution in [0.2, 0.25) is 0 Å². The Morgan fingerprint density at radius 1 is 1.47 bits per heavy atom. The molecule has 0 aromatic heterocycles. The number of aliphatic hydroxyl groups excluding tert-OH is 1. The van der Waals surface area contributed by atoms with Crippen LogP contribution in [0.5, 0.6) is 5.75 Å². The van der Waals surface area contributed by atoms with Gasteiger partial charge >= 0.3 is 0 Å². The minimum atomic E-state index is -0.293. The first-order valence-corrected chi connectivity index (χ1v) is 5.75. The van der Waals surface area contributed by atoms with Crippen LogP contribution in [0.1, 0.15) is 43.4 Å². The van der Waals surface area contributed by atoms with E-state index in [2.05, 4.69) is 13.0 Å². The van der Waals surface area contributed by atoms with Gasteiger partial charge in [-0.2, -0.15) is 0 Å². The molecule has 0 heterocycles. The molecule has 0 spiro atoms. The van der Waals surface area contributed by atoms with Gasteiger partial charge < -0.3 is 9.84 Å². The van der Waals surface area contributed by atoms with Gasteiger partial charge in [-0.25, -0.2) is 0 Å². The van der Waals surface area contributed by atoms with E-state index in [9.17, 15) is 5.11 Å². The van der Waals surface area contributed by atoms with E-state index in [1.54, 1.807) is 0 Å². The lowest BCUT2D eigenvalue weighted by Crippen LogP contribution is -2.09. The molecule has 0 saturated heterocycles. The lowest BCUT2D eigenvalue weighted by atomic mass is 9.89. The largest absolute Gasteiger partial charge is 0.494 e. The molecule has 0 saturated carbocycles. The Labute approximate surface area is 90.9 Å². The van der Waals surface area contributed by atoms with Gasteiger partial charge in [0.2, 0.25) is 0 Å². The third-order valence-corrected chi connectivity index (χ3v) is 2.87. The molecule has 1 atom stereocenters. The molecule has 1 aromatic rings. The summed E-state index contributed by atoms with van der Waals surface area (Å²) in [6, 6.07) is 6.09. The quantitative estimate of drug-likeness (QED) is 0.824. The van der Waals surface area contributed by atoms with Crippen molar-refractivity contribution in [3.05, 3.63) is 29.3 Å². The van der Waals surface area contributed by atoms with E-state index in [0.717, 1.165) is 43.6 Å².